The Labute approximate surface area is 191 Å². The van der Waals surface area contributed by atoms with Crippen molar-refractivity contribution < 1.29 is 23.8 Å². The zero-order chi connectivity index (χ0) is 23.4. The molecule has 7 heteroatoms. The van der Waals surface area contributed by atoms with Crippen molar-refractivity contribution in [3.05, 3.63) is 47.9 Å². The number of rotatable bonds is 8. The molecule has 1 aromatic carbocycles. The second-order valence-electron chi connectivity index (χ2n) is 9.99. The van der Waals surface area contributed by atoms with Gasteiger partial charge in [-0.05, 0) is 38.7 Å². The Hall–Kier alpha value is -2.54. The summed E-state index contributed by atoms with van der Waals surface area (Å²) in [6.07, 6.45) is 2.66. The number of hydrogen-bond donors (Lipinski definition) is 1. The molecule has 2 heterocycles. The molecule has 0 saturated carbocycles. The van der Waals surface area contributed by atoms with Crippen LogP contribution in [0.2, 0.25) is 0 Å². The first-order valence-corrected chi connectivity index (χ1v) is 11.4. The zero-order valence-electron chi connectivity index (χ0n) is 19.8. The Bertz CT molecular complexity index is 830. The largest absolute Gasteiger partial charge is 0.462 e. The summed E-state index contributed by atoms with van der Waals surface area (Å²) in [5.74, 6) is 0.444. The first-order chi connectivity index (χ1) is 15.1. The molecule has 7 nitrogen and oxygen atoms in total. The van der Waals surface area contributed by atoms with E-state index in [1.165, 1.54) is 0 Å². The van der Waals surface area contributed by atoms with Crippen LogP contribution < -0.4 is 5.32 Å². The lowest BCUT2D eigenvalue weighted by Crippen LogP contribution is -2.65. The Morgan fingerprint density at radius 3 is 2.56 bits per heavy atom. The van der Waals surface area contributed by atoms with Crippen molar-refractivity contribution in [2.45, 2.75) is 71.1 Å². The molecule has 0 aromatic heterocycles. The summed E-state index contributed by atoms with van der Waals surface area (Å²) in [6.45, 7) is 10.9. The molecule has 176 valence electrons. The van der Waals surface area contributed by atoms with Crippen LogP contribution in [0.25, 0.3) is 0 Å². The van der Waals surface area contributed by atoms with Gasteiger partial charge in [-0.1, -0.05) is 44.2 Å². The number of nitrogens with one attached hydrogen (secondary N) is 1. The quantitative estimate of drug-likeness (QED) is 0.620. The van der Waals surface area contributed by atoms with Crippen LogP contribution in [0.4, 0.5) is 0 Å². The van der Waals surface area contributed by atoms with Crippen molar-refractivity contribution in [3.8, 4) is 0 Å². The number of hydrogen-bond acceptors (Lipinski definition) is 6. The fourth-order valence-corrected chi connectivity index (χ4v) is 4.41. The minimum atomic E-state index is -1.03. The summed E-state index contributed by atoms with van der Waals surface area (Å²) in [5.41, 5.74) is -0.668. The van der Waals surface area contributed by atoms with Gasteiger partial charge >= 0.3 is 5.97 Å². The van der Waals surface area contributed by atoms with E-state index in [1.54, 1.807) is 6.26 Å². The van der Waals surface area contributed by atoms with E-state index < -0.39 is 11.1 Å². The van der Waals surface area contributed by atoms with Gasteiger partial charge in [0.2, 0.25) is 12.7 Å². The SMILES string of the molecule is CC(C)CC1NCCN(C(CC(=O)OC(C)(C)C)(Cc2ccccc2)C2=COCO2)C1=O. The predicted octanol–water partition coefficient (Wildman–Crippen LogP) is 3.39. The van der Waals surface area contributed by atoms with Crippen LogP contribution in [0.15, 0.2) is 42.4 Å². The number of nitrogens with zero attached hydrogens (tertiary/aromatic N) is 1. The average molecular weight is 445 g/mol. The highest BCUT2D eigenvalue weighted by molar-refractivity contribution is 5.85. The van der Waals surface area contributed by atoms with E-state index in [0.717, 1.165) is 12.0 Å². The summed E-state index contributed by atoms with van der Waals surface area (Å²) in [4.78, 5) is 28.7. The van der Waals surface area contributed by atoms with E-state index in [-0.39, 0.29) is 31.1 Å². The Morgan fingerprint density at radius 1 is 1.25 bits per heavy atom. The lowest BCUT2D eigenvalue weighted by molar-refractivity contribution is -0.161. The maximum absolute atomic E-state index is 13.7. The molecule has 2 unspecified atom stereocenters. The van der Waals surface area contributed by atoms with E-state index >= 15 is 0 Å². The summed E-state index contributed by atoms with van der Waals surface area (Å²) in [6, 6.07) is 9.55. The number of carbonyl (C=O) groups is 2. The number of ether oxygens (including phenoxy) is 3. The van der Waals surface area contributed by atoms with Gasteiger partial charge in [0.15, 0.2) is 5.76 Å². The van der Waals surface area contributed by atoms with Crippen molar-refractivity contribution in [3.63, 3.8) is 0 Å². The first kappa shape index (κ1) is 24.1. The fraction of sp³-hybridized carbons (Fsp3) is 0.600. The third-order valence-electron chi connectivity index (χ3n) is 5.64. The highest BCUT2D eigenvalue weighted by Gasteiger charge is 2.50. The van der Waals surface area contributed by atoms with Crippen LogP contribution in [0.3, 0.4) is 0 Å². The van der Waals surface area contributed by atoms with Crippen LogP contribution in [0.5, 0.6) is 0 Å². The maximum Gasteiger partial charge on any atom is 0.309 e. The molecule has 0 bridgehead atoms. The number of carbonyl (C=O) groups excluding carboxylic acids is 2. The van der Waals surface area contributed by atoms with Gasteiger partial charge in [0.25, 0.3) is 0 Å². The summed E-state index contributed by atoms with van der Waals surface area (Å²) < 4.78 is 17.0. The van der Waals surface area contributed by atoms with Gasteiger partial charge in [-0.15, -0.1) is 0 Å². The third kappa shape index (κ3) is 5.82. The van der Waals surface area contributed by atoms with Gasteiger partial charge in [0.05, 0.1) is 12.5 Å². The van der Waals surface area contributed by atoms with Gasteiger partial charge in [0, 0.05) is 19.5 Å². The molecular weight excluding hydrogens is 408 g/mol. The molecule has 0 spiro atoms. The molecule has 2 atom stereocenters. The molecular formula is C25H36N2O5. The van der Waals surface area contributed by atoms with Crippen LogP contribution in [0.1, 0.15) is 53.0 Å². The first-order valence-electron chi connectivity index (χ1n) is 11.4. The average Bonchev–Trinajstić information content (AvgIpc) is 3.23. The van der Waals surface area contributed by atoms with E-state index in [2.05, 4.69) is 19.2 Å². The van der Waals surface area contributed by atoms with E-state index in [1.807, 2.05) is 56.0 Å². The van der Waals surface area contributed by atoms with Gasteiger partial charge in [-0.2, -0.15) is 0 Å². The van der Waals surface area contributed by atoms with Crippen LogP contribution in [0, 0.1) is 5.92 Å². The molecule has 32 heavy (non-hydrogen) atoms. The van der Waals surface area contributed by atoms with Gasteiger partial charge in [-0.25, -0.2) is 0 Å². The van der Waals surface area contributed by atoms with Gasteiger partial charge in [0.1, 0.15) is 17.4 Å². The Kier molecular flexibility index (Phi) is 7.49. The second-order valence-corrected chi connectivity index (χ2v) is 9.99. The van der Waals surface area contributed by atoms with Gasteiger partial charge < -0.3 is 24.4 Å². The fourth-order valence-electron chi connectivity index (χ4n) is 4.41. The number of amides is 1. The van der Waals surface area contributed by atoms with E-state index in [9.17, 15) is 9.59 Å². The molecule has 1 fully saturated rings. The summed E-state index contributed by atoms with van der Waals surface area (Å²) >= 11 is 0. The molecule has 1 amide bonds. The third-order valence-corrected chi connectivity index (χ3v) is 5.64. The molecule has 3 rings (SSSR count). The van der Waals surface area contributed by atoms with Crippen molar-refractivity contribution in [2.24, 2.45) is 5.92 Å². The molecule has 0 aliphatic carbocycles. The lowest BCUT2D eigenvalue weighted by Gasteiger charge is -2.47. The lowest BCUT2D eigenvalue weighted by atomic mass is 9.82. The van der Waals surface area contributed by atoms with Crippen molar-refractivity contribution in [1.29, 1.82) is 0 Å². The molecule has 1 saturated heterocycles. The van der Waals surface area contributed by atoms with Crippen LogP contribution >= 0.6 is 0 Å². The number of piperazine rings is 1. The highest BCUT2D eigenvalue weighted by atomic mass is 16.7. The van der Waals surface area contributed by atoms with Crippen molar-refractivity contribution in [2.75, 3.05) is 19.9 Å². The minimum absolute atomic E-state index is 0.0193. The summed E-state index contributed by atoms with van der Waals surface area (Å²) in [7, 11) is 0. The summed E-state index contributed by atoms with van der Waals surface area (Å²) in [5, 5.41) is 3.35. The van der Waals surface area contributed by atoms with Crippen molar-refractivity contribution in [1.82, 2.24) is 10.2 Å². The molecule has 2 aliphatic rings. The van der Waals surface area contributed by atoms with E-state index in [0.29, 0.717) is 31.2 Å². The number of esters is 1. The number of benzene rings is 1. The Morgan fingerprint density at radius 2 is 1.97 bits per heavy atom. The molecule has 1 N–H and O–H groups in total. The molecule has 1 aromatic rings. The minimum Gasteiger partial charge on any atom is -0.462 e. The highest BCUT2D eigenvalue weighted by Crippen LogP contribution is 2.38. The van der Waals surface area contributed by atoms with Crippen LogP contribution in [-0.4, -0.2) is 53.8 Å². The molecule has 2 aliphatic heterocycles. The second kappa shape index (κ2) is 9.94. The van der Waals surface area contributed by atoms with Crippen LogP contribution in [-0.2, 0) is 30.2 Å². The normalized spacial score (nSPS) is 20.9. The smallest absolute Gasteiger partial charge is 0.309 e. The molecule has 0 radical (unpaired) electrons. The zero-order valence-corrected chi connectivity index (χ0v) is 19.8. The van der Waals surface area contributed by atoms with Crippen molar-refractivity contribution >= 4 is 11.9 Å². The predicted molar refractivity (Wildman–Crippen MR) is 121 cm³/mol. The Balaban J connectivity index is 2.04. The monoisotopic (exact) mass is 444 g/mol. The topological polar surface area (TPSA) is 77.1 Å². The maximum atomic E-state index is 13.7. The van der Waals surface area contributed by atoms with E-state index in [4.69, 9.17) is 14.2 Å². The standard InChI is InChI=1S/C25H36N2O5/c1-18(2)13-20-23(29)27(12-11-26-20)25(21-16-30-17-31-21,14-19-9-7-6-8-10-19)15-22(28)32-24(3,4)5/h6-10,16,18,20,26H,11-15,17H2,1-5H3. The van der Waals surface area contributed by atoms with Gasteiger partial charge in [-0.3, -0.25) is 9.59 Å².